The molecule has 1 N–H and O–H groups in total. The Morgan fingerprint density at radius 2 is 1.60 bits per heavy atom. The van der Waals surface area contributed by atoms with Crippen LogP contribution in [0.2, 0.25) is 0 Å². The number of aryl methyl sites for hydroxylation is 1. The molecular weight excluding hydrogens is 604 g/mol. The molecule has 5 nitrogen and oxygen atoms in total. The SMILES string of the molecule is COc1ccc(/C=N/NC(=O)CCn2c3ccc(I)cc3c3cc(I)ccc32)cc1. The molecule has 30 heavy (non-hydrogen) atoms. The van der Waals surface area contributed by atoms with Gasteiger partial charge >= 0.3 is 0 Å². The second-order valence-electron chi connectivity index (χ2n) is 6.79. The highest BCUT2D eigenvalue weighted by Gasteiger charge is 2.12. The van der Waals surface area contributed by atoms with E-state index >= 15 is 0 Å². The number of fused-ring (bicyclic) bond motifs is 3. The molecule has 0 unspecified atom stereocenters. The van der Waals surface area contributed by atoms with Crippen molar-refractivity contribution in [3.8, 4) is 5.75 Å². The molecule has 0 fully saturated rings. The van der Waals surface area contributed by atoms with Crippen molar-refractivity contribution in [3.05, 3.63) is 73.4 Å². The van der Waals surface area contributed by atoms with Gasteiger partial charge in [0.25, 0.3) is 0 Å². The van der Waals surface area contributed by atoms with Crippen LogP contribution < -0.4 is 10.2 Å². The van der Waals surface area contributed by atoms with Gasteiger partial charge in [-0.3, -0.25) is 4.79 Å². The minimum Gasteiger partial charge on any atom is -0.497 e. The van der Waals surface area contributed by atoms with Gasteiger partial charge in [-0.2, -0.15) is 5.10 Å². The largest absolute Gasteiger partial charge is 0.497 e. The fraction of sp³-hybridized carbons (Fsp3) is 0.130. The van der Waals surface area contributed by atoms with Gasteiger partial charge in [-0.15, -0.1) is 0 Å². The molecule has 1 aromatic heterocycles. The summed E-state index contributed by atoms with van der Waals surface area (Å²) in [7, 11) is 1.63. The topological polar surface area (TPSA) is 55.6 Å². The zero-order valence-electron chi connectivity index (χ0n) is 16.2. The van der Waals surface area contributed by atoms with Gasteiger partial charge in [0.1, 0.15) is 5.75 Å². The van der Waals surface area contributed by atoms with Gasteiger partial charge in [-0.1, -0.05) is 0 Å². The molecule has 0 atom stereocenters. The summed E-state index contributed by atoms with van der Waals surface area (Å²) in [5.74, 6) is 0.664. The minimum absolute atomic E-state index is 0.120. The molecule has 0 saturated heterocycles. The third kappa shape index (κ3) is 4.61. The first kappa shape index (κ1) is 21.1. The van der Waals surface area contributed by atoms with Crippen molar-refractivity contribution < 1.29 is 9.53 Å². The number of amides is 1. The summed E-state index contributed by atoms with van der Waals surface area (Å²) >= 11 is 4.67. The van der Waals surface area contributed by atoms with Crippen molar-refractivity contribution in [2.24, 2.45) is 5.10 Å². The first-order chi connectivity index (χ1) is 14.5. The number of methoxy groups -OCH3 is 1. The Balaban J connectivity index is 1.48. The summed E-state index contributed by atoms with van der Waals surface area (Å²) in [4.78, 5) is 12.3. The summed E-state index contributed by atoms with van der Waals surface area (Å²) in [5, 5.41) is 6.50. The number of hydrazone groups is 1. The average Bonchev–Trinajstić information content (AvgIpc) is 3.05. The quantitative estimate of drug-likeness (QED) is 0.174. The standard InChI is InChI=1S/C23H19I2N3O2/c1-30-18-6-2-15(3-7-18)14-26-27-23(29)10-11-28-21-8-4-16(24)12-19(21)20-13-17(25)5-9-22(20)28/h2-9,12-14H,10-11H2,1H3,(H,27,29)/b26-14+. The molecule has 0 spiro atoms. The molecular formula is C23H19I2N3O2. The van der Waals surface area contributed by atoms with Gasteiger partial charge in [0, 0.05) is 41.9 Å². The fourth-order valence-corrected chi connectivity index (χ4v) is 4.41. The molecule has 4 aromatic rings. The van der Waals surface area contributed by atoms with E-state index in [0.29, 0.717) is 13.0 Å². The zero-order valence-corrected chi connectivity index (χ0v) is 20.5. The highest BCUT2D eigenvalue weighted by atomic mass is 127. The van der Waals surface area contributed by atoms with Gasteiger partial charge in [0.2, 0.25) is 5.91 Å². The Bertz CT molecular complexity index is 1190. The molecule has 0 aliphatic heterocycles. The molecule has 0 saturated carbocycles. The lowest BCUT2D eigenvalue weighted by Gasteiger charge is -2.07. The van der Waals surface area contributed by atoms with E-state index in [9.17, 15) is 4.79 Å². The van der Waals surface area contributed by atoms with Crippen LogP contribution in [0.3, 0.4) is 0 Å². The first-order valence-corrected chi connectivity index (χ1v) is 11.5. The van der Waals surface area contributed by atoms with Gasteiger partial charge in [-0.25, -0.2) is 5.43 Å². The molecule has 0 bridgehead atoms. The fourth-order valence-electron chi connectivity index (χ4n) is 3.43. The van der Waals surface area contributed by atoms with Crippen LogP contribution >= 0.6 is 45.2 Å². The van der Waals surface area contributed by atoms with Crippen LogP contribution in [-0.2, 0) is 11.3 Å². The maximum Gasteiger partial charge on any atom is 0.241 e. The van der Waals surface area contributed by atoms with Crippen LogP contribution in [0.1, 0.15) is 12.0 Å². The van der Waals surface area contributed by atoms with Crippen molar-refractivity contribution in [1.29, 1.82) is 0 Å². The molecule has 0 aliphatic carbocycles. The van der Waals surface area contributed by atoms with E-state index in [1.165, 1.54) is 17.9 Å². The van der Waals surface area contributed by atoms with E-state index in [1.54, 1.807) is 13.3 Å². The van der Waals surface area contributed by atoms with Crippen molar-refractivity contribution >= 4 is 79.1 Å². The van der Waals surface area contributed by atoms with Gasteiger partial charge < -0.3 is 9.30 Å². The molecule has 3 aromatic carbocycles. The number of carbonyl (C=O) groups excluding carboxylic acids is 1. The number of hydrogen-bond donors (Lipinski definition) is 1. The summed E-state index contributed by atoms with van der Waals surface area (Å²) < 4.78 is 9.74. The van der Waals surface area contributed by atoms with Crippen LogP contribution in [0.15, 0.2) is 65.8 Å². The second-order valence-corrected chi connectivity index (χ2v) is 9.28. The lowest BCUT2D eigenvalue weighted by molar-refractivity contribution is -0.121. The number of carbonyl (C=O) groups is 1. The number of nitrogens with one attached hydrogen (secondary N) is 1. The molecule has 1 amide bonds. The van der Waals surface area contributed by atoms with Crippen LogP contribution in [0.5, 0.6) is 5.75 Å². The van der Waals surface area contributed by atoms with Gasteiger partial charge in [-0.05, 0) is 111 Å². The Morgan fingerprint density at radius 1 is 1.00 bits per heavy atom. The molecule has 152 valence electrons. The van der Waals surface area contributed by atoms with Crippen LogP contribution in [-0.4, -0.2) is 23.8 Å². The molecule has 4 rings (SSSR count). The maximum absolute atomic E-state index is 12.3. The lowest BCUT2D eigenvalue weighted by Crippen LogP contribution is -2.19. The highest BCUT2D eigenvalue weighted by molar-refractivity contribution is 14.1. The monoisotopic (exact) mass is 623 g/mol. The second kappa shape index (κ2) is 9.34. The Hall–Kier alpha value is -2.14. The summed E-state index contributed by atoms with van der Waals surface area (Å²) in [5.41, 5.74) is 5.79. The summed E-state index contributed by atoms with van der Waals surface area (Å²) in [6, 6.07) is 20.3. The average molecular weight is 623 g/mol. The van der Waals surface area contributed by atoms with E-state index < -0.39 is 0 Å². The number of halogens is 2. The van der Waals surface area contributed by atoms with Crippen molar-refractivity contribution in [1.82, 2.24) is 9.99 Å². The predicted molar refractivity (Wildman–Crippen MR) is 138 cm³/mol. The summed E-state index contributed by atoms with van der Waals surface area (Å²) in [6.45, 7) is 0.588. The number of aromatic nitrogens is 1. The van der Waals surface area contributed by atoms with Gasteiger partial charge in [0.05, 0.1) is 13.3 Å². The van der Waals surface area contributed by atoms with Crippen LogP contribution in [0, 0.1) is 7.14 Å². The van der Waals surface area contributed by atoms with Crippen molar-refractivity contribution in [2.45, 2.75) is 13.0 Å². The Kier molecular flexibility index (Phi) is 6.57. The summed E-state index contributed by atoms with van der Waals surface area (Å²) in [6.07, 6.45) is 1.97. The number of rotatable bonds is 6. The maximum atomic E-state index is 12.3. The van der Waals surface area contributed by atoms with E-state index in [4.69, 9.17) is 4.74 Å². The predicted octanol–water partition coefficient (Wildman–Crippen LogP) is 5.55. The smallest absolute Gasteiger partial charge is 0.241 e. The molecule has 0 aliphatic rings. The minimum atomic E-state index is -0.120. The highest BCUT2D eigenvalue weighted by Crippen LogP contribution is 2.31. The number of ether oxygens (including phenoxy) is 1. The zero-order chi connectivity index (χ0) is 21.1. The van der Waals surface area contributed by atoms with Crippen molar-refractivity contribution in [3.63, 3.8) is 0 Å². The molecule has 7 heteroatoms. The third-order valence-corrected chi connectivity index (χ3v) is 6.21. The Morgan fingerprint density at radius 3 is 2.17 bits per heavy atom. The van der Waals surface area contributed by atoms with Crippen LogP contribution in [0.4, 0.5) is 0 Å². The number of nitrogens with zero attached hydrogens (tertiary/aromatic N) is 2. The first-order valence-electron chi connectivity index (χ1n) is 9.38. The molecule has 1 heterocycles. The van der Waals surface area contributed by atoms with E-state index in [-0.39, 0.29) is 5.91 Å². The van der Waals surface area contributed by atoms with E-state index in [0.717, 1.165) is 22.3 Å². The Labute approximate surface area is 201 Å². The van der Waals surface area contributed by atoms with E-state index in [1.807, 2.05) is 24.3 Å². The third-order valence-electron chi connectivity index (χ3n) is 4.87. The number of benzene rings is 3. The molecule has 0 radical (unpaired) electrons. The lowest BCUT2D eigenvalue weighted by atomic mass is 10.2. The number of hydrogen-bond acceptors (Lipinski definition) is 3. The van der Waals surface area contributed by atoms with Gasteiger partial charge in [0.15, 0.2) is 0 Å². The van der Waals surface area contributed by atoms with Crippen molar-refractivity contribution in [2.75, 3.05) is 7.11 Å². The normalized spacial score (nSPS) is 11.4. The van der Waals surface area contributed by atoms with E-state index in [2.05, 4.69) is 96.7 Å². The van der Waals surface area contributed by atoms with Crippen LogP contribution in [0.25, 0.3) is 21.8 Å².